The Bertz CT molecular complexity index is 806. The van der Waals surface area contributed by atoms with Crippen LogP contribution >= 0.6 is 11.6 Å². The van der Waals surface area contributed by atoms with E-state index >= 15 is 0 Å². The minimum Gasteiger partial charge on any atom is -0.335 e. The predicted octanol–water partition coefficient (Wildman–Crippen LogP) is 3.71. The molecule has 0 unspecified atom stereocenters. The van der Waals surface area contributed by atoms with Gasteiger partial charge in [-0.3, -0.25) is 4.79 Å². The van der Waals surface area contributed by atoms with Crippen LogP contribution in [0.5, 0.6) is 0 Å². The van der Waals surface area contributed by atoms with E-state index in [2.05, 4.69) is 16.4 Å². The van der Waals surface area contributed by atoms with Crippen LogP contribution in [-0.2, 0) is 13.0 Å². The summed E-state index contributed by atoms with van der Waals surface area (Å²) in [6.07, 6.45) is 4.38. The SMILES string of the molecule is CCN1CCN(C(=O)c2nc(-c3ccc(Cl)cc3)n3c2CCCCC3)CC1. The van der Waals surface area contributed by atoms with Gasteiger partial charge >= 0.3 is 0 Å². The third-order valence-corrected chi connectivity index (χ3v) is 6.03. The van der Waals surface area contributed by atoms with Crippen molar-refractivity contribution in [2.45, 2.75) is 39.2 Å². The lowest BCUT2D eigenvalue weighted by atomic mass is 10.1. The molecule has 5 nitrogen and oxygen atoms in total. The minimum absolute atomic E-state index is 0.0941. The van der Waals surface area contributed by atoms with E-state index in [1.807, 2.05) is 29.2 Å². The van der Waals surface area contributed by atoms with Crippen molar-refractivity contribution < 1.29 is 4.79 Å². The molecule has 1 aromatic carbocycles. The van der Waals surface area contributed by atoms with Gasteiger partial charge in [0.1, 0.15) is 11.5 Å². The van der Waals surface area contributed by atoms with Crippen molar-refractivity contribution in [3.8, 4) is 11.4 Å². The first-order valence-electron chi connectivity index (χ1n) is 10.0. The quantitative estimate of drug-likeness (QED) is 0.807. The molecule has 1 aromatic heterocycles. The van der Waals surface area contributed by atoms with E-state index in [-0.39, 0.29) is 5.91 Å². The topological polar surface area (TPSA) is 41.4 Å². The number of carbonyl (C=O) groups is 1. The number of hydrogen-bond acceptors (Lipinski definition) is 3. The van der Waals surface area contributed by atoms with Crippen LogP contribution in [0.2, 0.25) is 5.02 Å². The molecule has 0 saturated carbocycles. The second-order valence-corrected chi connectivity index (χ2v) is 7.86. The molecule has 27 heavy (non-hydrogen) atoms. The smallest absolute Gasteiger partial charge is 0.274 e. The molecule has 0 spiro atoms. The summed E-state index contributed by atoms with van der Waals surface area (Å²) in [6.45, 7) is 7.61. The van der Waals surface area contributed by atoms with E-state index in [0.717, 1.165) is 75.6 Å². The molecule has 2 aliphatic rings. The average molecular weight is 387 g/mol. The molecule has 2 aliphatic heterocycles. The number of hydrogen-bond donors (Lipinski definition) is 0. The maximum atomic E-state index is 13.3. The number of halogens is 1. The van der Waals surface area contributed by atoms with E-state index in [9.17, 15) is 4.79 Å². The summed E-state index contributed by atoms with van der Waals surface area (Å²) in [4.78, 5) is 22.5. The van der Waals surface area contributed by atoms with Crippen molar-refractivity contribution in [2.24, 2.45) is 0 Å². The minimum atomic E-state index is 0.0941. The molecule has 1 amide bonds. The zero-order chi connectivity index (χ0) is 18.8. The maximum absolute atomic E-state index is 13.3. The normalized spacial score (nSPS) is 18.2. The molecule has 6 heteroatoms. The zero-order valence-electron chi connectivity index (χ0n) is 16.0. The van der Waals surface area contributed by atoms with Crippen LogP contribution in [0.25, 0.3) is 11.4 Å². The molecule has 4 rings (SSSR count). The van der Waals surface area contributed by atoms with E-state index in [0.29, 0.717) is 10.7 Å². The summed E-state index contributed by atoms with van der Waals surface area (Å²) in [5, 5.41) is 0.714. The Morgan fingerprint density at radius 3 is 2.48 bits per heavy atom. The van der Waals surface area contributed by atoms with E-state index in [1.54, 1.807) is 0 Å². The van der Waals surface area contributed by atoms with E-state index in [4.69, 9.17) is 16.6 Å². The van der Waals surface area contributed by atoms with Gasteiger partial charge in [0.05, 0.1) is 5.69 Å². The van der Waals surface area contributed by atoms with Gasteiger partial charge in [0.2, 0.25) is 0 Å². The first-order chi connectivity index (χ1) is 13.2. The zero-order valence-corrected chi connectivity index (χ0v) is 16.7. The van der Waals surface area contributed by atoms with Crippen molar-refractivity contribution >= 4 is 17.5 Å². The number of amides is 1. The van der Waals surface area contributed by atoms with Crippen LogP contribution in [0.4, 0.5) is 0 Å². The second kappa shape index (κ2) is 8.03. The number of benzene rings is 1. The molecular weight excluding hydrogens is 360 g/mol. The third-order valence-electron chi connectivity index (χ3n) is 5.78. The van der Waals surface area contributed by atoms with Gasteiger partial charge in [-0.25, -0.2) is 4.98 Å². The molecule has 3 heterocycles. The van der Waals surface area contributed by atoms with Gasteiger partial charge < -0.3 is 14.4 Å². The Morgan fingerprint density at radius 2 is 1.78 bits per heavy atom. The Kier molecular flexibility index (Phi) is 5.50. The summed E-state index contributed by atoms with van der Waals surface area (Å²) >= 11 is 6.06. The summed E-state index contributed by atoms with van der Waals surface area (Å²) in [5.74, 6) is 0.996. The first-order valence-corrected chi connectivity index (χ1v) is 10.4. The lowest BCUT2D eigenvalue weighted by molar-refractivity contribution is 0.0637. The molecular formula is C21H27ClN4O. The van der Waals surface area contributed by atoms with E-state index < -0.39 is 0 Å². The summed E-state index contributed by atoms with van der Waals surface area (Å²) in [7, 11) is 0. The van der Waals surface area contributed by atoms with Crippen LogP contribution in [0, 0.1) is 0 Å². The molecule has 0 aliphatic carbocycles. The fourth-order valence-corrected chi connectivity index (χ4v) is 4.25. The van der Waals surface area contributed by atoms with Gasteiger partial charge in [0.25, 0.3) is 5.91 Å². The van der Waals surface area contributed by atoms with Crippen molar-refractivity contribution in [3.63, 3.8) is 0 Å². The Labute approximate surface area is 165 Å². The highest BCUT2D eigenvalue weighted by atomic mass is 35.5. The number of carbonyl (C=O) groups excluding carboxylic acids is 1. The van der Waals surface area contributed by atoms with Crippen LogP contribution in [0.1, 0.15) is 42.4 Å². The standard InChI is InChI=1S/C21H27ClN4O/c1-2-24-12-14-25(15-13-24)21(27)19-18-6-4-3-5-11-26(18)20(23-19)16-7-9-17(22)10-8-16/h7-10H,2-6,11-15H2,1H3. The fourth-order valence-electron chi connectivity index (χ4n) is 4.13. The third kappa shape index (κ3) is 3.76. The summed E-state index contributed by atoms with van der Waals surface area (Å²) in [5.41, 5.74) is 2.80. The average Bonchev–Trinajstić information content (AvgIpc) is 2.89. The monoisotopic (exact) mass is 386 g/mol. The van der Waals surface area contributed by atoms with Gasteiger partial charge in [0.15, 0.2) is 0 Å². The van der Waals surface area contributed by atoms with Gasteiger partial charge in [-0.2, -0.15) is 0 Å². The molecule has 0 radical (unpaired) electrons. The number of rotatable bonds is 3. The van der Waals surface area contributed by atoms with Gasteiger partial charge in [0, 0.05) is 43.3 Å². The number of imidazole rings is 1. The van der Waals surface area contributed by atoms with E-state index in [1.165, 1.54) is 6.42 Å². The number of likely N-dealkylation sites (N-methyl/N-ethyl adjacent to an activating group) is 1. The summed E-state index contributed by atoms with van der Waals surface area (Å²) < 4.78 is 2.27. The molecule has 0 atom stereocenters. The largest absolute Gasteiger partial charge is 0.335 e. The predicted molar refractivity (Wildman–Crippen MR) is 108 cm³/mol. The van der Waals surface area contributed by atoms with Crippen LogP contribution in [-0.4, -0.2) is 58.0 Å². The van der Waals surface area contributed by atoms with Crippen LogP contribution in [0.15, 0.2) is 24.3 Å². The van der Waals surface area contributed by atoms with Crippen molar-refractivity contribution in [3.05, 3.63) is 40.7 Å². The molecule has 1 saturated heterocycles. The molecule has 0 bridgehead atoms. The van der Waals surface area contributed by atoms with Crippen LogP contribution < -0.4 is 0 Å². The van der Waals surface area contributed by atoms with Crippen molar-refractivity contribution in [1.82, 2.24) is 19.4 Å². The summed E-state index contributed by atoms with van der Waals surface area (Å²) in [6, 6.07) is 7.77. The van der Waals surface area contributed by atoms with Crippen LogP contribution in [0.3, 0.4) is 0 Å². The van der Waals surface area contributed by atoms with Gasteiger partial charge in [-0.15, -0.1) is 0 Å². The van der Waals surface area contributed by atoms with Gasteiger partial charge in [-0.1, -0.05) is 24.9 Å². The highest BCUT2D eigenvalue weighted by molar-refractivity contribution is 6.30. The molecule has 2 aromatic rings. The lowest BCUT2D eigenvalue weighted by Crippen LogP contribution is -2.48. The number of piperazine rings is 1. The number of nitrogens with zero attached hydrogens (tertiary/aromatic N) is 4. The van der Waals surface area contributed by atoms with Gasteiger partial charge in [-0.05, 0) is 50.1 Å². The highest BCUT2D eigenvalue weighted by Gasteiger charge is 2.29. The maximum Gasteiger partial charge on any atom is 0.274 e. The Morgan fingerprint density at radius 1 is 1.04 bits per heavy atom. The first kappa shape index (κ1) is 18.5. The Balaban J connectivity index is 1.68. The fraction of sp³-hybridized carbons (Fsp3) is 0.524. The Hall–Kier alpha value is -1.85. The lowest BCUT2D eigenvalue weighted by Gasteiger charge is -2.33. The number of aromatic nitrogens is 2. The second-order valence-electron chi connectivity index (χ2n) is 7.43. The molecule has 144 valence electrons. The van der Waals surface area contributed by atoms with Crippen molar-refractivity contribution in [1.29, 1.82) is 0 Å². The van der Waals surface area contributed by atoms with Crippen molar-refractivity contribution in [2.75, 3.05) is 32.7 Å². The highest BCUT2D eigenvalue weighted by Crippen LogP contribution is 2.29. The molecule has 0 N–H and O–H groups in total. The number of fused-ring (bicyclic) bond motifs is 1. The molecule has 1 fully saturated rings.